The van der Waals surface area contributed by atoms with Crippen molar-refractivity contribution in [2.75, 3.05) is 0 Å². The van der Waals surface area contributed by atoms with Gasteiger partial charge in [-0.2, -0.15) is 0 Å². The van der Waals surface area contributed by atoms with Gasteiger partial charge in [-0.05, 0) is 28.7 Å². The molecule has 3 heteroatoms. The van der Waals surface area contributed by atoms with Crippen molar-refractivity contribution < 1.29 is 20.8 Å². The van der Waals surface area contributed by atoms with E-state index >= 15 is 0 Å². The Hall–Kier alpha value is -0.357. The first-order chi connectivity index (χ1) is 9.80. The van der Waals surface area contributed by atoms with Gasteiger partial charge in [-0.25, -0.2) is 0 Å². The molecule has 2 aromatic rings. The zero-order chi connectivity index (χ0) is 14.4. The van der Waals surface area contributed by atoms with Crippen LogP contribution in [0.4, 0.5) is 0 Å². The quantitative estimate of drug-likeness (QED) is 0.591. The van der Waals surface area contributed by atoms with Crippen molar-refractivity contribution in [1.82, 2.24) is 0 Å². The molecule has 0 N–H and O–H groups in total. The van der Waals surface area contributed by atoms with Crippen LogP contribution in [0.25, 0.3) is 17.2 Å². The second kappa shape index (κ2) is 8.18. The molecule has 0 bridgehead atoms. The van der Waals surface area contributed by atoms with Crippen molar-refractivity contribution in [2.24, 2.45) is 0 Å². The van der Waals surface area contributed by atoms with Crippen LogP contribution in [-0.4, -0.2) is 0 Å². The molecule has 3 rings (SSSR count). The molecule has 0 atom stereocenters. The fraction of sp³-hybridized carbons (Fsp3) is 0.118. The predicted molar refractivity (Wildman–Crippen MR) is 85.3 cm³/mol. The summed E-state index contributed by atoms with van der Waals surface area (Å²) in [5, 5.41) is 0. The van der Waals surface area contributed by atoms with Crippen LogP contribution >= 0.6 is 17.0 Å². The number of rotatable bonds is 2. The molecule has 101 valence electrons. The Morgan fingerprint density at radius 3 is 2.30 bits per heavy atom. The van der Waals surface area contributed by atoms with E-state index in [2.05, 4.69) is 68.0 Å². The molecule has 0 nitrogen and oxygen atoms in total. The number of hydrogen-bond acceptors (Lipinski definition) is 0. The van der Waals surface area contributed by atoms with Crippen molar-refractivity contribution in [2.45, 2.75) is 13.3 Å². The number of fused-ring (bicyclic) bond motifs is 1. The van der Waals surface area contributed by atoms with Crippen molar-refractivity contribution in [3.05, 3.63) is 71.7 Å². The third kappa shape index (κ3) is 3.85. The van der Waals surface area contributed by atoms with Crippen LogP contribution in [0.2, 0.25) is 0 Å². The Kier molecular flexibility index (Phi) is 6.55. The Morgan fingerprint density at radius 1 is 0.950 bits per heavy atom. The first kappa shape index (κ1) is 16.0. The first-order valence-electron chi connectivity index (χ1n) is 6.50. The van der Waals surface area contributed by atoms with Gasteiger partial charge in [-0.15, -0.1) is 0 Å². The number of allylic oxidation sites excluding steroid dienone is 1. The molecule has 0 spiro atoms. The summed E-state index contributed by atoms with van der Waals surface area (Å²) in [4.78, 5) is 0. The van der Waals surface area contributed by atoms with E-state index in [1.54, 1.807) is 0 Å². The number of halogens is 2. The average Bonchev–Trinajstić information content (AvgIpc) is 2.92. The van der Waals surface area contributed by atoms with Gasteiger partial charge in [-0.1, -0.05) is 67.1 Å². The van der Waals surface area contributed by atoms with Crippen molar-refractivity contribution >= 4 is 23.1 Å². The molecule has 20 heavy (non-hydrogen) atoms. The Labute approximate surface area is 139 Å². The van der Waals surface area contributed by atoms with Crippen LogP contribution in [-0.2, 0) is 20.8 Å². The van der Waals surface area contributed by atoms with E-state index in [0.717, 1.165) is 6.42 Å². The van der Waals surface area contributed by atoms with Crippen LogP contribution < -0.4 is 0 Å². The second-order valence-electron chi connectivity index (χ2n) is 4.46. The topological polar surface area (TPSA) is 0 Å². The third-order valence-electron chi connectivity index (χ3n) is 3.30. The maximum atomic E-state index is 4.93. The molecular weight excluding hydrogens is 366 g/mol. The zero-order valence-corrected chi connectivity index (χ0v) is 15.2. The minimum absolute atomic E-state index is 0.826. The second-order valence-corrected chi connectivity index (χ2v) is 8.19. The summed E-state index contributed by atoms with van der Waals surface area (Å²) >= 11 is -0.826. The van der Waals surface area contributed by atoms with E-state index in [-0.39, 0.29) is 0 Å². The normalized spacial score (nSPS) is 12.1. The number of benzene rings is 2. The molecule has 0 saturated carbocycles. The summed E-state index contributed by atoms with van der Waals surface area (Å²) in [5.74, 6) is 0. The fourth-order valence-corrected chi connectivity index (χ4v) is 2.37. The SMILES string of the molecule is CCC1=Cc2c(cccc2-c2ccccc2)[CH]1.[Cl][Zr][Cl]. The summed E-state index contributed by atoms with van der Waals surface area (Å²) in [6, 6.07) is 17.1. The van der Waals surface area contributed by atoms with Gasteiger partial charge >= 0.3 is 37.9 Å². The number of hydrogen-bond donors (Lipinski definition) is 0. The van der Waals surface area contributed by atoms with Gasteiger partial charge < -0.3 is 0 Å². The van der Waals surface area contributed by atoms with E-state index in [1.807, 2.05) is 0 Å². The molecular formula is C17H15Cl2Zr. The summed E-state index contributed by atoms with van der Waals surface area (Å²) in [5.41, 5.74) is 6.77. The molecule has 1 radical (unpaired) electrons. The van der Waals surface area contributed by atoms with Crippen LogP contribution in [0.1, 0.15) is 24.5 Å². The van der Waals surface area contributed by atoms with Crippen molar-refractivity contribution in [3.63, 3.8) is 0 Å². The maximum absolute atomic E-state index is 4.93. The zero-order valence-electron chi connectivity index (χ0n) is 11.2. The monoisotopic (exact) mass is 379 g/mol. The fourth-order valence-electron chi connectivity index (χ4n) is 2.37. The molecule has 0 aliphatic heterocycles. The molecule has 1 aliphatic carbocycles. The van der Waals surface area contributed by atoms with E-state index in [4.69, 9.17) is 17.0 Å². The van der Waals surface area contributed by atoms with Crippen LogP contribution in [0.15, 0.2) is 54.1 Å². The molecule has 0 saturated heterocycles. The van der Waals surface area contributed by atoms with Gasteiger partial charge in [-0.3, -0.25) is 0 Å². The standard InChI is InChI=1S/C17H15.2ClH.Zr/c1-2-13-11-15-9-6-10-16(17(15)12-13)14-7-4-3-5-8-14;;;/h3-12H,2H2,1H3;2*1H;/q;;;+2/p-2. The van der Waals surface area contributed by atoms with Crippen LogP contribution in [0.3, 0.4) is 0 Å². The summed E-state index contributed by atoms with van der Waals surface area (Å²) in [6.07, 6.45) is 5.71. The van der Waals surface area contributed by atoms with Crippen molar-refractivity contribution in [3.8, 4) is 11.1 Å². The minimum atomic E-state index is -0.826. The average molecular weight is 381 g/mol. The Morgan fingerprint density at radius 2 is 1.65 bits per heavy atom. The van der Waals surface area contributed by atoms with Gasteiger partial charge in [0.1, 0.15) is 0 Å². The molecule has 0 amide bonds. The third-order valence-corrected chi connectivity index (χ3v) is 3.30. The predicted octanol–water partition coefficient (Wildman–Crippen LogP) is 6.09. The van der Waals surface area contributed by atoms with Gasteiger partial charge in [0.25, 0.3) is 0 Å². The Bertz CT molecular complexity index is 591. The van der Waals surface area contributed by atoms with E-state index in [9.17, 15) is 0 Å². The summed E-state index contributed by atoms with van der Waals surface area (Å²) < 4.78 is 0. The molecule has 0 heterocycles. The summed E-state index contributed by atoms with van der Waals surface area (Å²) in [7, 11) is 9.87. The van der Waals surface area contributed by atoms with Crippen LogP contribution in [0, 0.1) is 6.42 Å². The Balaban J connectivity index is 0.000000452. The van der Waals surface area contributed by atoms with Crippen LogP contribution in [0.5, 0.6) is 0 Å². The van der Waals surface area contributed by atoms with E-state index < -0.39 is 20.8 Å². The molecule has 1 aliphatic rings. The van der Waals surface area contributed by atoms with E-state index in [0.29, 0.717) is 0 Å². The molecule has 0 unspecified atom stereocenters. The molecule has 0 aromatic heterocycles. The van der Waals surface area contributed by atoms with Gasteiger partial charge in [0.05, 0.1) is 0 Å². The van der Waals surface area contributed by atoms with Gasteiger partial charge in [0.2, 0.25) is 0 Å². The summed E-state index contributed by atoms with van der Waals surface area (Å²) in [6.45, 7) is 2.20. The van der Waals surface area contributed by atoms with Crippen molar-refractivity contribution in [1.29, 1.82) is 0 Å². The van der Waals surface area contributed by atoms with Gasteiger partial charge in [0.15, 0.2) is 0 Å². The molecule has 2 aromatic carbocycles. The molecule has 0 fully saturated rings. The first-order valence-corrected chi connectivity index (χ1v) is 12.8. The van der Waals surface area contributed by atoms with Gasteiger partial charge in [0, 0.05) is 6.42 Å². The van der Waals surface area contributed by atoms with E-state index in [1.165, 1.54) is 27.8 Å².